The Morgan fingerprint density at radius 3 is 2.35 bits per heavy atom. The fraction of sp³-hybridized carbons (Fsp3) is 0.615. The highest BCUT2D eigenvalue weighted by Crippen LogP contribution is 2.08. The van der Waals surface area contributed by atoms with Gasteiger partial charge in [0.2, 0.25) is 5.91 Å². The minimum Gasteiger partial charge on any atom is -1.00 e. The average molecular weight is 261 g/mol. The molecule has 0 aliphatic carbocycles. The summed E-state index contributed by atoms with van der Waals surface area (Å²) < 4.78 is 0.798. The van der Waals surface area contributed by atoms with Crippen LogP contribution in [-0.2, 0) is 4.79 Å². The summed E-state index contributed by atoms with van der Waals surface area (Å²) in [5.74, 6) is -0.285. The Kier molecular flexibility index (Phi) is 10.1. The zero-order valence-electron chi connectivity index (χ0n) is 11.2. The van der Waals surface area contributed by atoms with E-state index in [1.165, 1.54) is 0 Å². The fourth-order valence-corrected chi connectivity index (χ4v) is 1.47. The summed E-state index contributed by atoms with van der Waals surface area (Å²) in [5.41, 5.74) is 6.11. The lowest BCUT2D eigenvalue weighted by molar-refractivity contribution is -0.878. The third kappa shape index (κ3) is 8.95. The number of likely N-dealkylation sites (N-methyl/N-ethyl adjacent to an activating group) is 1. The third-order valence-corrected chi connectivity index (χ3v) is 2.57. The molecule has 0 atom stereocenters. The van der Waals surface area contributed by atoms with Crippen LogP contribution in [0.2, 0.25) is 0 Å². The second-order valence-electron chi connectivity index (χ2n) is 4.79. The van der Waals surface area contributed by atoms with Crippen molar-refractivity contribution >= 4 is 5.91 Å². The molecule has 0 aromatic rings. The van der Waals surface area contributed by atoms with E-state index in [1.54, 1.807) is 0 Å². The van der Waals surface area contributed by atoms with Crippen molar-refractivity contribution in [2.45, 2.75) is 26.2 Å². The molecule has 1 amide bonds. The van der Waals surface area contributed by atoms with Crippen molar-refractivity contribution in [3.8, 4) is 0 Å². The molecule has 0 aromatic carbocycles. The lowest BCUT2D eigenvalue weighted by Gasteiger charge is -2.27. The zero-order valence-corrected chi connectivity index (χ0v) is 12.0. The molecule has 0 spiro atoms. The molecule has 0 rings (SSSR count). The predicted molar refractivity (Wildman–Crippen MR) is 68.8 cm³/mol. The lowest BCUT2D eigenvalue weighted by Crippen LogP contribution is -3.00. The van der Waals surface area contributed by atoms with E-state index in [0.717, 1.165) is 42.4 Å². The van der Waals surface area contributed by atoms with Gasteiger partial charge < -0.3 is 22.6 Å². The molecule has 0 saturated heterocycles. The number of halogens is 1. The first kappa shape index (κ1) is 18.6. The Hall–Kier alpha value is -0.800. The van der Waals surface area contributed by atoms with Gasteiger partial charge in [-0.15, -0.1) is 0 Å². The highest BCUT2D eigenvalue weighted by atomic mass is 35.5. The Morgan fingerprint density at radius 2 is 1.94 bits per heavy atom. The van der Waals surface area contributed by atoms with Crippen LogP contribution < -0.4 is 18.1 Å². The minimum atomic E-state index is -0.285. The molecule has 0 aliphatic heterocycles. The van der Waals surface area contributed by atoms with Crippen molar-refractivity contribution in [2.75, 3.05) is 27.2 Å². The van der Waals surface area contributed by atoms with Crippen LogP contribution in [0.25, 0.3) is 0 Å². The number of carbonyl (C=O) groups is 1. The van der Waals surface area contributed by atoms with Crippen LogP contribution in [0.5, 0.6) is 0 Å². The van der Waals surface area contributed by atoms with Crippen LogP contribution in [-0.4, -0.2) is 37.6 Å². The molecular weight excluding hydrogens is 236 g/mol. The standard InChI is InChI=1S/C13H24N2O.ClH/c1-5-7-8-12(13(14)16)9-11-15(3,4)10-6-2;/h6,9H,2,5,7-8,10-11H2,1,3-4H3,(H-,14,16);1H. The molecule has 0 saturated carbocycles. The molecule has 0 aliphatic rings. The number of carbonyl (C=O) groups excluding carboxylic acids is 1. The van der Waals surface area contributed by atoms with Crippen molar-refractivity contribution in [2.24, 2.45) is 5.73 Å². The Balaban J connectivity index is 0. The van der Waals surface area contributed by atoms with Gasteiger partial charge in [0.15, 0.2) is 0 Å². The summed E-state index contributed by atoms with van der Waals surface area (Å²) in [6.07, 6.45) is 6.75. The molecule has 2 N–H and O–H groups in total. The first-order chi connectivity index (χ1) is 7.43. The SMILES string of the molecule is C=CC[N+](C)(C)CC=C(CCCC)C(N)=O.[Cl-]. The molecule has 17 heavy (non-hydrogen) atoms. The Labute approximate surface area is 111 Å². The van der Waals surface area contributed by atoms with Crippen molar-refractivity contribution in [1.29, 1.82) is 0 Å². The summed E-state index contributed by atoms with van der Waals surface area (Å²) in [5, 5.41) is 0. The number of primary amides is 1. The summed E-state index contributed by atoms with van der Waals surface area (Å²) in [6.45, 7) is 7.54. The second kappa shape index (κ2) is 9.25. The van der Waals surface area contributed by atoms with Crippen LogP contribution in [0, 0.1) is 0 Å². The number of hydrogen-bond acceptors (Lipinski definition) is 1. The number of hydrogen-bond donors (Lipinski definition) is 1. The Morgan fingerprint density at radius 1 is 1.35 bits per heavy atom. The van der Waals surface area contributed by atoms with Gasteiger partial charge in [0.05, 0.1) is 27.2 Å². The van der Waals surface area contributed by atoms with Gasteiger partial charge in [0.1, 0.15) is 0 Å². The van der Waals surface area contributed by atoms with Crippen LogP contribution >= 0.6 is 0 Å². The van der Waals surface area contributed by atoms with E-state index in [9.17, 15) is 4.79 Å². The van der Waals surface area contributed by atoms with Gasteiger partial charge in [0, 0.05) is 5.57 Å². The summed E-state index contributed by atoms with van der Waals surface area (Å²) in [7, 11) is 4.22. The lowest BCUT2D eigenvalue weighted by atomic mass is 10.1. The number of quaternary nitrogens is 1. The van der Waals surface area contributed by atoms with Crippen LogP contribution in [0.1, 0.15) is 26.2 Å². The van der Waals surface area contributed by atoms with Crippen LogP contribution in [0.4, 0.5) is 0 Å². The van der Waals surface area contributed by atoms with Gasteiger partial charge in [-0.3, -0.25) is 4.79 Å². The van der Waals surface area contributed by atoms with Crippen LogP contribution in [0.15, 0.2) is 24.3 Å². The number of nitrogens with zero attached hydrogens (tertiary/aromatic N) is 1. The summed E-state index contributed by atoms with van der Waals surface area (Å²) in [6, 6.07) is 0. The molecule has 0 bridgehead atoms. The van der Waals surface area contributed by atoms with Gasteiger partial charge in [-0.1, -0.05) is 19.9 Å². The zero-order chi connectivity index (χ0) is 12.6. The van der Waals surface area contributed by atoms with E-state index >= 15 is 0 Å². The van der Waals surface area contributed by atoms with E-state index in [-0.39, 0.29) is 18.3 Å². The first-order valence-electron chi connectivity index (χ1n) is 5.84. The van der Waals surface area contributed by atoms with E-state index in [4.69, 9.17) is 5.73 Å². The first-order valence-corrected chi connectivity index (χ1v) is 5.84. The summed E-state index contributed by atoms with van der Waals surface area (Å²) >= 11 is 0. The van der Waals surface area contributed by atoms with Crippen molar-refractivity contribution in [3.05, 3.63) is 24.3 Å². The van der Waals surface area contributed by atoms with Gasteiger partial charge >= 0.3 is 0 Å². The average Bonchev–Trinajstić information content (AvgIpc) is 2.17. The van der Waals surface area contributed by atoms with Crippen LogP contribution in [0.3, 0.4) is 0 Å². The molecule has 0 radical (unpaired) electrons. The quantitative estimate of drug-likeness (QED) is 0.335. The molecule has 100 valence electrons. The van der Waals surface area contributed by atoms with E-state index < -0.39 is 0 Å². The van der Waals surface area contributed by atoms with E-state index in [0.29, 0.717) is 0 Å². The van der Waals surface area contributed by atoms with Crippen molar-refractivity contribution in [3.63, 3.8) is 0 Å². The number of nitrogens with two attached hydrogens (primary N) is 1. The highest BCUT2D eigenvalue weighted by molar-refractivity contribution is 5.91. The molecule has 0 fully saturated rings. The normalized spacial score (nSPS) is 11.8. The Bertz CT molecular complexity index is 273. The largest absolute Gasteiger partial charge is 1.00 e. The number of rotatable bonds is 8. The molecule has 0 heterocycles. The van der Waals surface area contributed by atoms with E-state index in [2.05, 4.69) is 27.6 Å². The minimum absolute atomic E-state index is 0. The molecule has 0 unspecified atom stereocenters. The fourth-order valence-electron chi connectivity index (χ4n) is 1.47. The second-order valence-corrected chi connectivity index (χ2v) is 4.79. The van der Waals surface area contributed by atoms with Crippen molar-refractivity contribution in [1.82, 2.24) is 0 Å². The van der Waals surface area contributed by atoms with Gasteiger partial charge in [-0.05, 0) is 25.0 Å². The van der Waals surface area contributed by atoms with Gasteiger partial charge in [-0.25, -0.2) is 0 Å². The maximum Gasteiger partial charge on any atom is 0.244 e. The molecule has 4 heteroatoms. The molecule has 3 nitrogen and oxygen atoms in total. The summed E-state index contributed by atoms with van der Waals surface area (Å²) in [4.78, 5) is 11.2. The van der Waals surface area contributed by atoms with Gasteiger partial charge in [-0.2, -0.15) is 0 Å². The monoisotopic (exact) mass is 260 g/mol. The smallest absolute Gasteiger partial charge is 0.244 e. The van der Waals surface area contributed by atoms with E-state index in [1.807, 2.05) is 12.2 Å². The maximum absolute atomic E-state index is 11.2. The third-order valence-electron chi connectivity index (χ3n) is 2.57. The number of amides is 1. The van der Waals surface area contributed by atoms with Gasteiger partial charge in [0.25, 0.3) is 0 Å². The highest BCUT2D eigenvalue weighted by Gasteiger charge is 2.12. The maximum atomic E-state index is 11.2. The molecule has 0 aromatic heterocycles. The topological polar surface area (TPSA) is 43.1 Å². The number of unbranched alkanes of at least 4 members (excludes halogenated alkanes) is 1. The van der Waals surface area contributed by atoms with Crippen molar-refractivity contribution < 1.29 is 21.7 Å². The molecular formula is C13H25ClN2O. The predicted octanol–water partition coefficient (Wildman–Crippen LogP) is -1.15.